The van der Waals surface area contributed by atoms with E-state index in [0.717, 1.165) is 18.8 Å². The highest BCUT2D eigenvalue weighted by molar-refractivity contribution is 6.34. The fourth-order valence-electron chi connectivity index (χ4n) is 1.99. The molecule has 3 N–H and O–H groups in total. The van der Waals surface area contributed by atoms with E-state index in [2.05, 4.69) is 5.32 Å². The third-order valence-electron chi connectivity index (χ3n) is 3.01. The smallest absolute Gasteiger partial charge is 0.179 e. The lowest BCUT2D eigenvalue weighted by atomic mass is 10.2. The second kappa shape index (κ2) is 4.70. The van der Waals surface area contributed by atoms with Crippen LogP contribution in [0.4, 0.5) is 5.69 Å². The number of quaternary nitrogens is 1. The number of halogens is 1. The molecule has 1 aromatic rings. The van der Waals surface area contributed by atoms with Crippen LogP contribution in [0.2, 0.25) is 5.02 Å². The van der Waals surface area contributed by atoms with Crippen molar-refractivity contribution in [3.8, 4) is 11.5 Å². The molecule has 0 aliphatic carbocycles. The summed E-state index contributed by atoms with van der Waals surface area (Å²) in [7, 11) is 3.18. The van der Waals surface area contributed by atoms with Crippen molar-refractivity contribution in [1.29, 1.82) is 0 Å². The molecular weight excluding hydrogens is 242 g/mol. The van der Waals surface area contributed by atoms with Gasteiger partial charge in [0.1, 0.15) is 23.1 Å². The van der Waals surface area contributed by atoms with Gasteiger partial charge in [-0.05, 0) is 0 Å². The third kappa shape index (κ3) is 2.19. The Bertz CT molecular complexity index is 419. The minimum absolute atomic E-state index is 0.256. The zero-order valence-corrected chi connectivity index (χ0v) is 10.8. The van der Waals surface area contributed by atoms with Gasteiger partial charge in [0.15, 0.2) is 12.4 Å². The van der Waals surface area contributed by atoms with Crippen LogP contribution in [-0.4, -0.2) is 34.0 Å². The molecule has 1 aliphatic heterocycles. The molecule has 0 radical (unpaired) electrons. The molecular formula is C11H17ClN3O2+. The van der Waals surface area contributed by atoms with Crippen LogP contribution in [0.25, 0.3) is 0 Å². The first-order valence-corrected chi connectivity index (χ1v) is 5.77. The minimum Gasteiger partial charge on any atom is -0.496 e. The summed E-state index contributed by atoms with van der Waals surface area (Å²) in [4.78, 5) is 0. The second-order valence-corrected chi connectivity index (χ2v) is 4.46. The molecule has 1 aliphatic rings. The van der Waals surface area contributed by atoms with Gasteiger partial charge in [-0.2, -0.15) is 5.84 Å². The van der Waals surface area contributed by atoms with Gasteiger partial charge in [-0.25, -0.2) is 4.59 Å². The molecule has 1 unspecified atom stereocenters. The Morgan fingerprint density at radius 1 is 1.35 bits per heavy atom. The number of benzene rings is 1. The molecule has 0 bridgehead atoms. The van der Waals surface area contributed by atoms with Crippen molar-refractivity contribution in [1.82, 2.24) is 9.91 Å². The number of nitrogens with one attached hydrogen (secondary N) is 1. The van der Waals surface area contributed by atoms with Gasteiger partial charge in [0, 0.05) is 12.1 Å². The van der Waals surface area contributed by atoms with Crippen LogP contribution in [0, 0.1) is 0 Å². The Morgan fingerprint density at radius 2 is 2.12 bits per heavy atom. The lowest BCUT2D eigenvalue weighted by Crippen LogP contribution is -2.54. The molecule has 0 amide bonds. The SMILES string of the molecule is COc1cc(OC)c(Cl)c([N+]2(N)CCNC2)c1. The van der Waals surface area contributed by atoms with E-state index >= 15 is 0 Å². The van der Waals surface area contributed by atoms with Crippen LogP contribution in [0.5, 0.6) is 11.5 Å². The number of methoxy groups -OCH3 is 2. The number of hydrogen-bond acceptors (Lipinski definition) is 4. The molecule has 0 saturated carbocycles. The van der Waals surface area contributed by atoms with Gasteiger partial charge in [0.25, 0.3) is 0 Å². The average molecular weight is 259 g/mol. The van der Waals surface area contributed by atoms with E-state index in [1.807, 2.05) is 6.07 Å². The number of ether oxygens (including phenoxy) is 2. The fraction of sp³-hybridized carbons (Fsp3) is 0.455. The van der Waals surface area contributed by atoms with Crippen LogP contribution in [0.1, 0.15) is 0 Å². The molecule has 1 saturated heterocycles. The zero-order chi connectivity index (χ0) is 12.5. The number of rotatable bonds is 3. The van der Waals surface area contributed by atoms with E-state index in [4.69, 9.17) is 26.9 Å². The van der Waals surface area contributed by atoms with Gasteiger partial charge in [-0.3, -0.25) is 5.32 Å². The van der Waals surface area contributed by atoms with Gasteiger partial charge in [0.2, 0.25) is 0 Å². The second-order valence-electron chi connectivity index (χ2n) is 4.08. The van der Waals surface area contributed by atoms with Gasteiger partial charge >= 0.3 is 0 Å². The Balaban J connectivity index is 2.51. The van der Waals surface area contributed by atoms with E-state index in [0.29, 0.717) is 23.2 Å². The lowest BCUT2D eigenvalue weighted by Gasteiger charge is -2.27. The lowest BCUT2D eigenvalue weighted by molar-refractivity contribution is 0.336. The average Bonchev–Trinajstić information content (AvgIpc) is 2.77. The number of nitrogens with zero attached hydrogens (tertiary/aromatic N) is 1. The normalized spacial score (nSPS) is 23.8. The predicted molar refractivity (Wildman–Crippen MR) is 68.3 cm³/mol. The summed E-state index contributed by atoms with van der Waals surface area (Å²) in [5.41, 5.74) is 0.813. The Kier molecular flexibility index (Phi) is 3.44. The molecule has 0 spiro atoms. The molecule has 1 atom stereocenters. The van der Waals surface area contributed by atoms with Gasteiger partial charge in [-0.15, -0.1) is 0 Å². The maximum absolute atomic E-state index is 6.31. The molecule has 0 aromatic heterocycles. The first kappa shape index (κ1) is 12.4. The molecule has 17 heavy (non-hydrogen) atoms. The van der Waals surface area contributed by atoms with E-state index < -0.39 is 0 Å². The first-order valence-electron chi connectivity index (χ1n) is 5.39. The van der Waals surface area contributed by atoms with E-state index in [1.165, 1.54) is 0 Å². The van der Waals surface area contributed by atoms with Gasteiger partial charge in [0.05, 0.1) is 20.8 Å². The van der Waals surface area contributed by atoms with Crippen LogP contribution in [0.15, 0.2) is 12.1 Å². The summed E-state index contributed by atoms with van der Waals surface area (Å²) in [5, 5.41) is 3.76. The monoisotopic (exact) mass is 258 g/mol. The summed E-state index contributed by atoms with van der Waals surface area (Å²) in [6, 6.07) is 3.61. The van der Waals surface area contributed by atoms with Gasteiger partial charge in [-0.1, -0.05) is 11.6 Å². The molecule has 6 heteroatoms. The molecule has 1 aromatic carbocycles. The summed E-state index contributed by atoms with van der Waals surface area (Å²) >= 11 is 6.30. The largest absolute Gasteiger partial charge is 0.496 e. The van der Waals surface area contributed by atoms with Crippen LogP contribution >= 0.6 is 11.6 Å². The minimum atomic E-state index is 0.256. The Hall–Kier alpha value is -1.01. The maximum Gasteiger partial charge on any atom is 0.179 e. The first-order chi connectivity index (χ1) is 8.10. The predicted octanol–water partition coefficient (Wildman–Crippen LogP) is 1.10. The molecule has 1 heterocycles. The van der Waals surface area contributed by atoms with Crippen molar-refractivity contribution in [2.45, 2.75) is 0 Å². The highest BCUT2D eigenvalue weighted by Crippen LogP contribution is 2.40. The van der Waals surface area contributed by atoms with Crippen LogP contribution in [-0.2, 0) is 0 Å². The Labute approximate surface area is 106 Å². The molecule has 5 nitrogen and oxygen atoms in total. The highest BCUT2D eigenvalue weighted by Gasteiger charge is 2.35. The molecule has 2 rings (SSSR count). The standard InChI is InChI=1S/C11H17ClN3O2/c1-16-8-5-9(11(12)10(6-8)17-2)15(13)4-3-14-7-15/h5-6,14H,3-4,7,13H2,1-2H3/q+1. The molecule has 1 fully saturated rings. The number of nitrogens with two attached hydrogens (primary N) is 1. The van der Waals surface area contributed by atoms with Crippen molar-refractivity contribution in [2.75, 3.05) is 34.0 Å². The molecule has 94 valence electrons. The number of hydrogen-bond donors (Lipinski definition) is 2. The van der Waals surface area contributed by atoms with E-state index in [1.54, 1.807) is 20.3 Å². The van der Waals surface area contributed by atoms with Crippen molar-refractivity contribution in [3.05, 3.63) is 17.2 Å². The van der Waals surface area contributed by atoms with Crippen molar-refractivity contribution in [3.63, 3.8) is 0 Å². The highest BCUT2D eigenvalue weighted by atomic mass is 35.5. The van der Waals surface area contributed by atoms with Crippen LogP contribution < -0.4 is 25.2 Å². The Morgan fingerprint density at radius 3 is 2.65 bits per heavy atom. The summed E-state index contributed by atoms with van der Waals surface area (Å²) in [6.07, 6.45) is 0. The van der Waals surface area contributed by atoms with Crippen molar-refractivity contribution >= 4 is 17.3 Å². The summed E-state index contributed by atoms with van der Waals surface area (Å²) in [6.45, 7) is 2.30. The van der Waals surface area contributed by atoms with E-state index in [9.17, 15) is 0 Å². The van der Waals surface area contributed by atoms with Gasteiger partial charge < -0.3 is 9.47 Å². The fourth-order valence-corrected chi connectivity index (χ4v) is 2.35. The maximum atomic E-state index is 6.31. The summed E-state index contributed by atoms with van der Waals surface area (Å²) < 4.78 is 10.7. The topological polar surface area (TPSA) is 56.5 Å². The van der Waals surface area contributed by atoms with Crippen LogP contribution in [0.3, 0.4) is 0 Å². The van der Waals surface area contributed by atoms with E-state index in [-0.39, 0.29) is 4.59 Å². The third-order valence-corrected chi connectivity index (χ3v) is 3.39. The van der Waals surface area contributed by atoms with Crippen molar-refractivity contribution in [2.24, 2.45) is 5.84 Å². The zero-order valence-electron chi connectivity index (χ0n) is 10.00. The van der Waals surface area contributed by atoms with Crippen molar-refractivity contribution < 1.29 is 9.47 Å². The summed E-state index contributed by atoms with van der Waals surface area (Å²) in [5.74, 6) is 7.58. The quantitative estimate of drug-likeness (QED) is 0.630.